The molecule has 5 heteroatoms. The first-order chi connectivity index (χ1) is 9.62. The molecule has 0 heterocycles. The Morgan fingerprint density at radius 1 is 1.55 bits per heavy atom. The van der Waals surface area contributed by atoms with Crippen molar-refractivity contribution >= 4 is 5.91 Å². The number of amides is 1. The fourth-order valence-corrected chi connectivity index (χ4v) is 1.64. The van der Waals surface area contributed by atoms with E-state index in [1.54, 1.807) is 13.2 Å². The van der Waals surface area contributed by atoms with Crippen LogP contribution in [-0.4, -0.2) is 32.2 Å². The molecule has 0 aliphatic rings. The molecule has 1 rings (SSSR count). The van der Waals surface area contributed by atoms with E-state index in [-0.39, 0.29) is 29.6 Å². The van der Waals surface area contributed by atoms with Crippen LogP contribution in [0.5, 0.6) is 0 Å². The van der Waals surface area contributed by atoms with Crippen molar-refractivity contribution in [3.05, 3.63) is 35.1 Å². The van der Waals surface area contributed by atoms with Gasteiger partial charge in [0.05, 0.1) is 24.8 Å². The van der Waals surface area contributed by atoms with Crippen LogP contribution in [-0.2, 0) is 4.74 Å². The van der Waals surface area contributed by atoms with E-state index in [0.29, 0.717) is 6.61 Å². The zero-order valence-corrected chi connectivity index (χ0v) is 11.7. The summed E-state index contributed by atoms with van der Waals surface area (Å²) >= 11 is 0. The van der Waals surface area contributed by atoms with Gasteiger partial charge in [-0.3, -0.25) is 4.79 Å². The molecule has 1 aromatic carbocycles. The molecule has 0 bridgehead atoms. The van der Waals surface area contributed by atoms with Crippen LogP contribution in [0.1, 0.15) is 29.3 Å². The van der Waals surface area contributed by atoms with Gasteiger partial charge in [-0.2, -0.15) is 0 Å². The van der Waals surface area contributed by atoms with E-state index in [4.69, 9.17) is 10.5 Å². The van der Waals surface area contributed by atoms with E-state index in [1.165, 1.54) is 12.1 Å². The number of carbonyl (C=O) groups is 1. The highest BCUT2D eigenvalue weighted by Gasteiger charge is 2.13. The molecule has 0 saturated heterocycles. The Kier molecular flexibility index (Phi) is 6.71. The molecule has 1 atom stereocenters. The maximum atomic E-state index is 13.8. The van der Waals surface area contributed by atoms with E-state index in [1.807, 2.05) is 6.92 Å². The summed E-state index contributed by atoms with van der Waals surface area (Å²) in [4.78, 5) is 12.0. The number of nitrogens with two attached hydrogens (primary N) is 1. The van der Waals surface area contributed by atoms with Gasteiger partial charge in [-0.25, -0.2) is 4.39 Å². The molecule has 0 spiro atoms. The SMILES string of the molecule is CCC(COC)NC(=O)c1ccc(C#CCN)c(F)c1. The number of halogens is 1. The second kappa shape index (κ2) is 8.31. The minimum absolute atomic E-state index is 0.0905. The fourth-order valence-electron chi connectivity index (χ4n) is 1.64. The number of hydrogen-bond acceptors (Lipinski definition) is 3. The van der Waals surface area contributed by atoms with Crippen LogP contribution < -0.4 is 11.1 Å². The summed E-state index contributed by atoms with van der Waals surface area (Å²) in [5.41, 5.74) is 5.72. The predicted molar refractivity (Wildman–Crippen MR) is 75.8 cm³/mol. The molecule has 1 unspecified atom stereocenters. The maximum Gasteiger partial charge on any atom is 0.251 e. The molecular weight excluding hydrogens is 259 g/mol. The van der Waals surface area contributed by atoms with E-state index in [2.05, 4.69) is 17.2 Å². The van der Waals surface area contributed by atoms with Gasteiger partial charge in [0.25, 0.3) is 5.91 Å². The quantitative estimate of drug-likeness (QED) is 0.798. The summed E-state index contributed by atoms with van der Waals surface area (Å²) in [6.07, 6.45) is 0.738. The molecule has 0 radical (unpaired) electrons. The van der Waals surface area contributed by atoms with E-state index in [0.717, 1.165) is 6.42 Å². The standard InChI is InChI=1S/C15H19FN2O2/c1-3-13(10-20-2)18-15(19)12-7-6-11(5-4-8-17)14(16)9-12/h6-7,9,13H,3,8,10,17H2,1-2H3,(H,18,19). The van der Waals surface area contributed by atoms with Crippen LogP contribution >= 0.6 is 0 Å². The Bertz CT molecular complexity index is 520. The molecule has 0 fully saturated rings. The van der Waals surface area contributed by atoms with Crippen LogP contribution in [0.4, 0.5) is 4.39 Å². The number of methoxy groups -OCH3 is 1. The van der Waals surface area contributed by atoms with Crippen LogP contribution in [0.15, 0.2) is 18.2 Å². The molecule has 3 N–H and O–H groups in total. The van der Waals surface area contributed by atoms with Crippen molar-refractivity contribution in [1.29, 1.82) is 0 Å². The van der Waals surface area contributed by atoms with Gasteiger partial charge in [0, 0.05) is 12.7 Å². The summed E-state index contributed by atoms with van der Waals surface area (Å²) in [6, 6.07) is 4.10. The topological polar surface area (TPSA) is 64.3 Å². The van der Waals surface area contributed by atoms with Gasteiger partial charge in [-0.1, -0.05) is 18.8 Å². The van der Waals surface area contributed by atoms with Gasteiger partial charge < -0.3 is 15.8 Å². The third kappa shape index (κ3) is 4.65. The summed E-state index contributed by atoms with van der Waals surface area (Å²) in [6.45, 7) is 2.53. The van der Waals surface area contributed by atoms with Crippen molar-refractivity contribution in [2.75, 3.05) is 20.3 Å². The normalized spacial score (nSPS) is 11.4. The van der Waals surface area contributed by atoms with Crippen molar-refractivity contribution in [2.24, 2.45) is 5.73 Å². The Labute approximate surface area is 118 Å². The third-order valence-electron chi connectivity index (χ3n) is 2.75. The number of carbonyl (C=O) groups excluding carboxylic acids is 1. The number of rotatable bonds is 5. The van der Waals surface area contributed by atoms with Crippen LogP contribution in [0, 0.1) is 17.7 Å². The van der Waals surface area contributed by atoms with Crippen LogP contribution in [0.2, 0.25) is 0 Å². The van der Waals surface area contributed by atoms with Crippen molar-refractivity contribution in [2.45, 2.75) is 19.4 Å². The van der Waals surface area contributed by atoms with Gasteiger partial charge in [0.2, 0.25) is 0 Å². The predicted octanol–water partition coefficient (Wildman–Crippen LogP) is 1.29. The highest BCUT2D eigenvalue weighted by molar-refractivity contribution is 5.94. The smallest absolute Gasteiger partial charge is 0.251 e. The molecule has 4 nitrogen and oxygen atoms in total. The first-order valence-corrected chi connectivity index (χ1v) is 6.40. The first-order valence-electron chi connectivity index (χ1n) is 6.40. The van der Waals surface area contributed by atoms with Gasteiger partial charge in [0.15, 0.2) is 0 Å². The van der Waals surface area contributed by atoms with E-state index >= 15 is 0 Å². The molecule has 1 amide bonds. The molecule has 0 aliphatic heterocycles. The monoisotopic (exact) mass is 278 g/mol. The average molecular weight is 278 g/mol. The Hall–Kier alpha value is -1.90. The van der Waals surface area contributed by atoms with Gasteiger partial charge in [-0.05, 0) is 24.6 Å². The number of ether oxygens (including phenoxy) is 1. The van der Waals surface area contributed by atoms with Crippen molar-refractivity contribution in [1.82, 2.24) is 5.32 Å². The number of hydrogen-bond donors (Lipinski definition) is 2. The molecular formula is C15H19FN2O2. The van der Waals surface area contributed by atoms with Crippen LogP contribution in [0.3, 0.4) is 0 Å². The summed E-state index contributed by atoms with van der Waals surface area (Å²) < 4.78 is 18.8. The number of benzene rings is 1. The summed E-state index contributed by atoms with van der Waals surface area (Å²) in [5.74, 6) is 4.33. The molecule has 1 aromatic rings. The van der Waals surface area contributed by atoms with Crippen molar-refractivity contribution in [3.63, 3.8) is 0 Å². The minimum atomic E-state index is -0.529. The molecule has 0 saturated carbocycles. The number of nitrogens with one attached hydrogen (secondary N) is 1. The van der Waals surface area contributed by atoms with Crippen molar-refractivity contribution < 1.29 is 13.9 Å². The lowest BCUT2D eigenvalue weighted by molar-refractivity contribution is 0.0894. The average Bonchev–Trinajstić information content (AvgIpc) is 2.45. The lowest BCUT2D eigenvalue weighted by Gasteiger charge is -2.15. The Morgan fingerprint density at radius 2 is 2.30 bits per heavy atom. The Morgan fingerprint density at radius 3 is 2.85 bits per heavy atom. The molecule has 20 heavy (non-hydrogen) atoms. The zero-order chi connectivity index (χ0) is 15.0. The molecule has 108 valence electrons. The second-order valence-corrected chi connectivity index (χ2v) is 4.23. The summed E-state index contributed by atoms with van der Waals surface area (Å²) in [5, 5.41) is 2.79. The van der Waals surface area contributed by atoms with E-state index in [9.17, 15) is 9.18 Å². The lowest BCUT2D eigenvalue weighted by atomic mass is 10.1. The van der Waals surface area contributed by atoms with Crippen molar-refractivity contribution in [3.8, 4) is 11.8 Å². The maximum absolute atomic E-state index is 13.8. The summed E-state index contributed by atoms with van der Waals surface area (Å²) in [7, 11) is 1.57. The largest absolute Gasteiger partial charge is 0.383 e. The third-order valence-corrected chi connectivity index (χ3v) is 2.75. The van der Waals surface area contributed by atoms with Crippen LogP contribution in [0.25, 0.3) is 0 Å². The minimum Gasteiger partial charge on any atom is -0.383 e. The van der Waals surface area contributed by atoms with Gasteiger partial charge in [0.1, 0.15) is 5.82 Å². The molecule has 0 aromatic heterocycles. The fraction of sp³-hybridized carbons (Fsp3) is 0.400. The Balaban J connectivity index is 2.81. The highest BCUT2D eigenvalue weighted by Crippen LogP contribution is 2.10. The highest BCUT2D eigenvalue weighted by atomic mass is 19.1. The lowest BCUT2D eigenvalue weighted by Crippen LogP contribution is -2.37. The van der Waals surface area contributed by atoms with Gasteiger partial charge >= 0.3 is 0 Å². The zero-order valence-electron chi connectivity index (χ0n) is 11.7. The second-order valence-electron chi connectivity index (χ2n) is 4.23. The van der Waals surface area contributed by atoms with Gasteiger partial charge in [-0.15, -0.1) is 0 Å². The first kappa shape index (κ1) is 16.2. The molecule has 0 aliphatic carbocycles. The van der Waals surface area contributed by atoms with E-state index < -0.39 is 5.82 Å².